The maximum absolute atomic E-state index is 10.7. The van der Waals surface area contributed by atoms with Crippen LogP contribution in [0.15, 0.2) is 0 Å². The lowest BCUT2D eigenvalue weighted by atomic mass is 10.2. The Kier molecular flexibility index (Phi) is 8.29. The molecule has 0 radical (unpaired) electrons. The molecule has 0 aromatic rings. The second-order valence-corrected chi connectivity index (χ2v) is 5.09. The highest BCUT2D eigenvalue weighted by Crippen LogP contribution is 2.28. The van der Waals surface area contributed by atoms with Crippen molar-refractivity contribution >= 4 is 18.4 Å². The molecule has 18 heavy (non-hydrogen) atoms. The molecule has 0 heterocycles. The van der Waals surface area contributed by atoms with Crippen molar-refractivity contribution in [2.24, 2.45) is 0 Å². The number of hydrogen-bond donors (Lipinski definition) is 3. The molecule has 1 unspecified atom stereocenters. The lowest BCUT2D eigenvalue weighted by molar-refractivity contribution is -0.141. The first kappa shape index (κ1) is 20.1. The first-order valence-electron chi connectivity index (χ1n) is 4.47. The molecule has 112 valence electrons. The zero-order chi connectivity index (χ0) is 15.2. The Balaban J connectivity index is 0. The third kappa shape index (κ3) is 8.84. The fourth-order valence-corrected chi connectivity index (χ4v) is 1.17. The normalized spacial score (nSPS) is 14.7. The summed E-state index contributed by atoms with van der Waals surface area (Å²) in [6.45, 7) is 3.38. The summed E-state index contributed by atoms with van der Waals surface area (Å²) in [6.07, 6.45) is 0.640. The largest absolute Gasteiger partial charge is 0.522 e. The van der Waals surface area contributed by atoms with E-state index in [-0.39, 0.29) is 0 Å². The van der Waals surface area contributed by atoms with Gasteiger partial charge in [-0.1, -0.05) is 13.8 Å². The van der Waals surface area contributed by atoms with Gasteiger partial charge in [0.1, 0.15) is 0 Å². The summed E-state index contributed by atoms with van der Waals surface area (Å²) in [5, 5.41) is 9.24. The number of halogens is 3. The van der Waals surface area contributed by atoms with E-state index in [0.717, 1.165) is 0 Å². The summed E-state index contributed by atoms with van der Waals surface area (Å²) >= 11 is 0. The van der Waals surface area contributed by atoms with Crippen LogP contribution in [0.5, 0.6) is 0 Å². The molecule has 0 aliphatic rings. The molecule has 3 N–H and O–H groups in total. The molecule has 1 atom stereocenters. The van der Waals surface area contributed by atoms with E-state index >= 15 is 0 Å². The molecule has 0 saturated carbocycles. The van der Waals surface area contributed by atoms with Gasteiger partial charge in [0.2, 0.25) is 0 Å². The summed E-state index contributed by atoms with van der Waals surface area (Å²) in [7, 11) is -8.86. The molecule has 0 rings (SSSR count). The summed E-state index contributed by atoms with van der Waals surface area (Å²) in [5.74, 6) is -1.41. The third-order valence-corrected chi connectivity index (χ3v) is 2.81. The van der Waals surface area contributed by atoms with Crippen LogP contribution >= 0.6 is 8.25 Å². The van der Waals surface area contributed by atoms with Gasteiger partial charge in [0.15, 0.2) is 5.79 Å². The molecule has 0 bridgehead atoms. The van der Waals surface area contributed by atoms with Crippen molar-refractivity contribution in [2.75, 3.05) is 0 Å². The Hall–Kier alpha value is -0.190. The Labute approximate surface area is 102 Å². The second kappa shape index (κ2) is 7.41. The van der Waals surface area contributed by atoms with E-state index in [4.69, 9.17) is 17.9 Å². The van der Waals surface area contributed by atoms with E-state index in [1.54, 1.807) is 13.8 Å². The molecule has 0 amide bonds. The molecular formula is C6H14F3O7PS. The summed E-state index contributed by atoms with van der Waals surface area (Å²) in [5.41, 5.74) is -5.53. The second-order valence-electron chi connectivity index (χ2n) is 2.94. The maximum atomic E-state index is 10.7. The Morgan fingerprint density at radius 3 is 1.56 bits per heavy atom. The lowest BCUT2D eigenvalue weighted by Crippen LogP contribution is -2.27. The Morgan fingerprint density at radius 2 is 1.50 bits per heavy atom. The average Bonchev–Trinajstić information content (AvgIpc) is 2.14. The molecule has 7 nitrogen and oxygen atoms in total. The minimum Gasteiger partial charge on any atom is -0.365 e. The van der Waals surface area contributed by atoms with Crippen LogP contribution in [-0.4, -0.2) is 34.3 Å². The predicted molar refractivity (Wildman–Crippen MR) is 55.4 cm³/mol. The first-order valence-corrected chi connectivity index (χ1v) is 7.17. The van der Waals surface area contributed by atoms with Crippen LogP contribution in [0.2, 0.25) is 0 Å². The lowest BCUT2D eigenvalue weighted by Gasteiger charge is -2.22. The molecule has 0 aliphatic heterocycles. The highest BCUT2D eigenvalue weighted by molar-refractivity contribution is 7.86. The zero-order valence-corrected chi connectivity index (χ0v) is 11.2. The fourth-order valence-electron chi connectivity index (χ4n) is 0.557. The van der Waals surface area contributed by atoms with Crippen molar-refractivity contribution < 1.29 is 45.2 Å². The Morgan fingerprint density at radius 1 is 1.22 bits per heavy atom. The van der Waals surface area contributed by atoms with Crippen LogP contribution < -0.4 is 0 Å². The number of alkyl halides is 3. The van der Waals surface area contributed by atoms with Crippen LogP contribution in [0.3, 0.4) is 0 Å². The third-order valence-electron chi connectivity index (χ3n) is 1.67. The first-order chi connectivity index (χ1) is 7.79. The molecule has 0 saturated heterocycles. The van der Waals surface area contributed by atoms with E-state index < -0.39 is 29.7 Å². The maximum Gasteiger partial charge on any atom is 0.522 e. The standard InChI is InChI=1S/C5H13O4P.CHF3O3S/c1-3-5(6,4-2)9-10(7)8;2-1(3,4)8(5,6)7/h6,10H,3-4H2,1-2H3,(H,7,8);(H,5,6,7). The van der Waals surface area contributed by atoms with Gasteiger partial charge < -0.3 is 10.00 Å². The molecule has 0 aromatic carbocycles. The van der Waals surface area contributed by atoms with Gasteiger partial charge in [-0.25, -0.2) is 0 Å². The summed E-state index contributed by atoms with van der Waals surface area (Å²) in [4.78, 5) is 8.31. The number of rotatable bonds is 4. The molecular weight excluding hydrogens is 304 g/mol. The van der Waals surface area contributed by atoms with Crippen molar-refractivity contribution in [3.8, 4) is 0 Å². The molecule has 0 aromatic heterocycles. The topological polar surface area (TPSA) is 121 Å². The minimum atomic E-state index is -5.84. The van der Waals surface area contributed by atoms with Crippen LogP contribution in [0.1, 0.15) is 26.7 Å². The average molecular weight is 318 g/mol. The minimum absolute atomic E-state index is 0.320. The van der Waals surface area contributed by atoms with Gasteiger partial charge in [-0.3, -0.25) is 13.6 Å². The van der Waals surface area contributed by atoms with E-state index in [2.05, 4.69) is 4.52 Å². The van der Waals surface area contributed by atoms with Gasteiger partial charge in [0.25, 0.3) is 0 Å². The highest BCUT2D eigenvalue weighted by Gasteiger charge is 2.44. The van der Waals surface area contributed by atoms with Gasteiger partial charge in [-0.15, -0.1) is 0 Å². The van der Waals surface area contributed by atoms with Gasteiger partial charge >= 0.3 is 23.9 Å². The van der Waals surface area contributed by atoms with Crippen molar-refractivity contribution in [3.63, 3.8) is 0 Å². The van der Waals surface area contributed by atoms with Crippen molar-refractivity contribution in [2.45, 2.75) is 38.0 Å². The van der Waals surface area contributed by atoms with Crippen molar-refractivity contribution in [1.82, 2.24) is 0 Å². The van der Waals surface area contributed by atoms with E-state index in [1.165, 1.54) is 0 Å². The highest BCUT2D eigenvalue weighted by atomic mass is 32.2. The summed E-state index contributed by atoms with van der Waals surface area (Å²) in [6, 6.07) is 0. The molecule has 12 heteroatoms. The molecule has 0 aliphatic carbocycles. The van der Waals surface area contributed by atoms with Crippen LogP contribution in [0.25, 0.3) is 0 Å². The molecule has 0 spiro atoms. The van der Waals surface area contributed by atoms with Crippen molar-refractivity contribution in [1.29, 1.82) is 0 Å². The zero-order valence-electron chi connectivity index (χ0n) is 9.43. The van der Waals surface area contributed by atoms with Crippen molar-refractivity contribution in [3.05, 3.63) is 0 Å². The van der Waals surface area contributed by atoms with Crippen LogP contribution in [0, 0.1) is 0 Å². The van der Waals surface area contributed by atoms with Gasteiger partial charge in [-0.05, 0) is 12.8 Å². The summed E-state index contributed by atoms with van der Waals surface area (Å²) < 4.78 is 72.1. The predicted octanol–water partition coefficient (Wildman–Crippen LogP) is 1.29. The van der Waals surface area contributed by atoms with Gasteiger partial charge in [0.05, 0.1) is 0 Å². The van der Waals surface area contributed by atoms with Crippen LogP contribution in [0.4, 0.5) is 13.2 Å². The monoisotopic (exact) mass is 318 g/mol. The van der Waals surface area contributed by atoms with E-state index in [1.807, 2.05) is 0 Å². The molecule has 0 fully saturated rings. The van der Waals surface area contributed by atoms with Crippen LogP contribution in [-0.2, 0) is 19.2 Å². The quantitative estimate of drug-likeness (QED) is 0.309. The van der Waals surface area contributed by atoms with E-state index in [0.29, 0.717) is 12.8 Å². The fraction of sp³-hybridized carbons (Fsp3) is 1.00. The number of hydrogen-bond acceptors (Lipinski definition) is 5. The SMILES string of the molecule is CCC(O)(CC)O[PH](=O)O.O=S(=O)(O)C(F)(F)F. The van der Waals surface area contributed by atoms with Gasteiger partial charge in [-0.2, -0.15) is 21.6 Å². The smallest absolute Gasteiger partial charge is 0.365 e. The number of aliphatic hydroxyl groups is 1. The van der Waals surface area contributed by atoms with E-state index in [9.17, 15) is 22.8 Å². The van der Waals surface area contributed by atoms with Gasteiger partial charge in [0, 0.05) is 0 Å². The Bertz CT molecular complexity index is 362.